The van der Waals surface area contributed by atoms with Crippen molar-refractivity contribution in [3.05, 3.63) is 104 Å². The Morgan fingerprint density at radius 2 is 1.46 bits per heavy atom. The number of anilines is 1. The minimum Gasteiger partial charge on any atom is -0.298 e. The van der Waals surface area contributed by atoms with Crippen molar-refractivity contribution in [2.75, 3.05) is 5.43 Å². The van der Waals surface area contributed by atoms with Crippen LogP contribution in [0, 0.1) is 0 Å². The Kier molecular flexibility index (Phi) is 8.66. The molecule has 0 spiro atoms. The molecule has 3 rings (SSSR count). The van der Waals surface area contributed by atoms with Gasteiger partial charge >= 0.3 is 12.4 Å². The molecule has 0 radical (unpaired) electrons. The topological polar surface area (TPSA) is 41.1 Å². The Morgan fingerprint density at radius 1 is 0.865 bits per heavy atom. The smallest absolute Gasteiger partial charge is 0.298 e. The molecule has 0 saturated carbocycles. The zero-order valence-electron chi connectivity index (χ0n) is 18.1. The summed E-state index contributed by atoms with van der Waals surface area (Å²) < 4.78 is 97.2. The first-order valence-corrected chi connectivity index (χ1v) is 11.2. The molecule has 0 bridgehead atoms. The summed E-state index contributed by atoms with van der Waals surface area (Å²) in [7, 11) is 0. The van der Waals surface area contributed by atoms with E-state index in [1.807, 2.05) is 0 Å². The van der Waals surface area contributed by atoms with E-state index >= 15 is 0 Å². The molecule has 37 heavy (non-hydrogen) atoms. The van der Waals surface area contributed by atoms with Crippen LogP contribution < -0.4 is 10.9 Å². The lowest BCUT2D eigenvalue weighted by atomic mass is 9.95. The Hall–Kier alpha value is -2.95. The second-order valence-corrected chi connectivity index (χ2v) is 8.73. The van der Waals surface area contributed by atoms with Gasteiger partial charge < -0.3 is 0 Å². The maximum atomic E-state index is 14.9. The van der Waals surface area contributed by atoms with E-state index in [0.29, 0.717) is 11.8 Å². The molecule has 13 heteroatoms. The molecule has 0 aromatic heterocycles. The molecular weight excluding hydrogens is 572 g/mol. The number of nitrogens with one attached hydrogen (secondary N) is 2. The van der Waals surface area contributed by atoms with Crippen LogP contribution in [0.25, 0.3) is 5.83 Å². The number of carbonyl (C=O) groups excluding carboxylic acids is 1. The van der Waals surface area contributed by atoms with Crippen molar-refractivity contribution in [1.29, 1.82) is 0 Å². The number of carbonyl (C=O) groups is 1. The number of para-hydroxylation sites is 1. The van der Waals surface area contributed by atoms with Gasteiger partial charge in [0.15, 0.2) is 0 Å². The highest BCUT2D eigenvalue weighted by Gasteiger charge is 2.41. The molecule has 3 nitrogen and oxygen atoms in total. The summed E-state index contributed by atoms with van der Waals surface area (Å²) in [4.78, 5) is 12.4. The summed E-state index contributed by atoms with van der Waals surface area (Å²) >= 11 is 17.3. The molecule has 196 valence electrons. The van der Waals surface area contributed by atoms with Crippen LogP contribution >= 0.6 is 34.8 Å². The number of rotatable bonds is 6. The third-order valence-corrected chi connectivity index (χ3v) is 6.17. The zero-order valence-corrected chi connectivity index (χ0v) is 20.4. The van der Waals surface area contributed by atoms with Crippen LogP contribution in [0.5, 0.6) is 0 Å². The number of allylic oxidation sites excluding steroid dienone is 1. The SMILES string of the molecule is O=C(NNc1ccccc1)c1ccc(C(F)=CC(c2cc(Cl)c(Cl)c(Cl)c2)C(F)(F)F)cc1C(F)(F)F. The van der Waals surface area contributed by atoms with Crippen molar-refractivity contribution in [2.45, 2.75) is 18.3 Å². The van der Waals surface area contributed by atoms with E-state index in [9.17, 15) is 35.5 Å². The van der Waals surface area contributed by atoms with Gasteiger partial charge in [-0.05, 0) is 48.0 Å². The number of amides is 1. The largest absolute Gasteiger partial charge is 0.417 e. The average Bonchev–Trinajstić information content (AvgIpc) is 2.83. The normalized spacial score (nSPS) is 13.3. The number of hydrogen-bond donors (Lipinski definition) is 2. The summed E-state index contributed by atoms with van der Waals surface area (Å²) in [5, 5.41) is -0.875. The summed E-state index contributed by atoms with van der Waals surface area (Å²) in [6.07, 6.45) is -10.1. The van der Waals surface area contributed by atoms with E-state index in [1.165, 1.54) is 12.1 Å². The lowest BCUT2D eigenvalue weighted by Crippen LogP contribution is -2.31. The first-order chi connectivity index (χ1) is 17.2. The van der Waals surface area contributed by atoms with E-state index in [0.717, 1.165) is 18.2 Å². The highest BCUT2D eigenvalue weighted by atomic mass is 35.5. The van der Waals surface area contributed by atoms with Crippen LogP contribution in [0.15, 0.2) is 66.7 Å². The molecule has 0 saturated heterocycles. The van der Waals surface area contributed by atoms with Gasteiger partial charge in [-0.3, -0.25) is 15.6 Å². The van der Waals surface area contributed by atoms with Crippen molar-refractivity contribution in [3.63, 3.8) is 0 Å². The molecular formula is C24H14Cl3F7N2O. The van der Waals surface area contributed by atoms with Gasteiger partial charge in [-0.25, -0.2) is 4.39 Å². The molecule has 2 N–H and O–H groups in total. The summed E-state index contributed by atoms with van der Waals surface area (Å²) in [6.45, 7) is 0. The van der Waals surface area contributed by atoms with Crippen LogP contribution in [0.3, 0.4) is 0 Å². The minimum atomic E-state index is -5.13. The fourth-order valence-corrected chi connectivity index (χ4v) is 3.83. The molecule has 0 aliphatic heterocycles. The number of benzene rings is 3. The summed E-state index contributed by atoms with van der Waals surface area (Å²) in [5.41, 5.74) is 1.03. The molecule has 0 aliphatic rings. The molecule has 1 atom stereocenters. The minimum absolute atomic E-state index is 0.0854. The molecule has 3 aromatic rings. The molecule has 0 fully saturated rings. The van der Waals surface area contributed by atoms with E-state index in [-0.39, 0.29) is 27.2 Å². The first-order valence-electron chi connectivity index (χ1n) is 10.1. The van der Waals surface area contributed by atoms with Crippen molar-refractivity contribution >= 4 is 52.2 Å². The molecule has 0 heterocycles. The molecule has 1 amide bonds. The maximum Gasteiger partial charge on any atom is 0.417 e. The quantitative estimate of drug-likeness (QED) is 0.172. The molecule has 1 unspecified atom stereocenters. The Bertz CT molecular complexity index is 1300. The number of hydrogen-bond acceptors (Lipinski definition) is 2. The van der Waals surface area contributed by atoms with E-state index in [4.69, 9.17) is 34.8 Å². The fourth-order valence-electron chi connectivity index (χ4n) is 3.22. The van der Waals surface area contributed by atoms with Gasteiger partial charge in [0.1, 0.15) is 11.7 Å². The summed E-state index contributed by atoms with van der Waals surface area (Å²) in [5.74, 6) is -5.44. The van der Waals surface area contributed by atoms with E-state index in [2.05, 4.69) is 10.9 Å². The maximum absolute atomic E-state index is 14.9. The molecule has 0 aliphatic carbocycles. The van der Waals surface area contributed by atoms with Gasteiger partial charge in [0.2, 0.25) is 0 Å². The molecule has 3 aromatic carbocycles. The predicted octanol–water partition coefficient (Wildman–Crippen LogP) is 9.08. The van der Waals surface area contributed by atoms with Crippen LogP contribution in [0.4, 0.5) is 36.4 Å². The summed E-state index contributed by atoms with van der Waals surface area (Å²) in [6, 6.07) is 11.3. The van der Waals surface area contributed by atoms with Crippen molar-refractivity contribution in [3.8, 4) is 0 Å². The van der Waals surface area contributed by atoms with Crippen LogP contribution in [-0.4, -0.2) is 12.1 Å². The predicted molar refractivity (Wildman–Crippen MR) is 128 cm³/mol. The third kappa shape index (κ3) is 7.09. The van der Waals surface area contributed by atoms with Gasteiger partial charge in [-0.1, -0.05) is 59.1 Å². The monoisotopic (exact) mass is 584 g/mol. The van der Waals surface area contributed by atoms with Crippen LogP contribution in [-0.2, 0) is 6.18 Å². The standard InChI is InChI=1S/C24H14Cl3F7N2O/c25-18-9-13(10-19(26)21(18)27)16(23(29,30)31)11-20(28)12-6-7-15(17(8-12)24(32,33)34)22(37)36-35-14-4-2-1-3-5-14/h1-11,16,35H,(H,36,37). The fraction of sp³-hybridized carbons (Fsp3) is 0.125. The third-order valence-electron chi connectivity index (χ3n) is 4.97. The average molecular weight is 586 g/mol. The number of alkyl halides is 6. The Balaban J connectivity index is 1.99. The van der Waals surface area contributed by atoms with Gasteiger partial charge in [0.05, 0.1) is 31.9 Å². The lowest BCUT2D eigenvalue weighted by Gasteiger charge is -2.19. The van der Waals surface area contributed by atoms with E-state index in [1.54, 1.807) is 18.2 Å². The highest BCUT2D eigenvalue weighted by Crippen LogP contribution is 2.42. The second kappa shape index (κ2) is 11.2. The highest BCUT2D eigenvalue weighted by molar-refractivity contribution is 6.48. The number of halogens is 10. The van der Waals surface area contributed by atoms with Crippen molar-refractivity contribution < 1.29 is 35.5 Å². The zero-order chi connectivity index (χ0) is 27.5. The second-order valence-electron chi connectivity index (χ2n) is 7.54. The van der Waals surface area contributed by atoms with E-state index < -0.39 is 52.3 Å². The number of hydrazine groups is 1. The Morgan fingerprint density at radius 3 is 2.00 bits per heavy atom. The van der Waals surface area contributed by atoms with Gasteiger partial charge in [0.25, 0.3) is 5.91 Å². The van der Waals surface area contributed by atoms with Crippen LogP contribution in [0.2, 0.25) is 15.1 Å². The lowest BCUT2D eigenvalue weighted by molar-refractivity contribution is -0.140. The van der Waals surface area contributed by atoms with Gasteiger partial charge in [-0.2, -0.15) is 26.3 Å². The van der Waals surface area contributed by atoms with Crippen LogP contribution in [0.1, 0.15) is 33.0 Å². The van der Waals surface area contributed by atoms with Crippen molar-refractivity contribution in [2.24, 2.45) is 0 Å². The first kappa shape index (κ1) is 28.6. The Labute approximate surface area is 220 Å². The van der Waals surface area contributed by atoms with Gasteiger partial charge in [0, 0.05) is 5.56 Å². The van der Waals surface area contributed by atoms with Gasteiger partial charge in [-0.15, -0.1) is 0 Å². The van der Waals surface area contributed by atoms with Crippen molar-refractivity contribution in [1.82, 2.24) is 5.43 Å².